The van der Waals surface area contributed by atoms with E-state index in [0.717, 1.165) is 44.4 Å². The average molecular weight is 267 g/mol. The van der Waals surface area contributed by atoms with Gasteiger partial charge < -0.3 is 10.4 Å². The van der Waals surface area contributed by atoms with Gasteiger partial charge in [0.15, 0.2) is 0 Å². The van der Waals surface area contributed by atoms with Crippen LogP contribution in [0.4, 0.5) is 0 Å². The largest absolute Gasteiger partial charge is 0.394 e. The quantitative estimate of drug-likeness (QED) is 0.772. The van der Waals surface area contributed by atoms with Gasteiger partial charge in [-0.05, 0) is 44.4 Å². The smallest absolute Gasteiger partial charge is 0.223 e. The van der Waals surface area contributed by atoms with E-state index in [1.54, 1.807) is 0 Å². The van der Waals surface area contributed by atoms with Gasteiger partial charge in [-0.2, -0.15) is 0 Å². The van der Waals surface area contributed by atoms with Crippen molar-refractivity contribution < 1.29 is 9.90 Å². The van der Waals surface area contributed by atoms with Crippen molar-refractivity contribution in [3.63, 3.8) is 0 Å². The lowest BCUT2D eigenvalue weighted by Gasteiger charge is -2.39. The Morgan fingerprint density at radius 1 is 1.11 bits per heavy atom. The standard InChI is InChI=1S/C16H29NO2/c1-13-8-10-16(12-18,11-9-13)17-15(19)14-6-4-2-3-5-7-14/h13-14,18H,2-12H2,1H3,(H,17,19). The topological polar surface area (TPSA) is 49.3 Å². The summed E-state index contributed by atoms with van der Waals surface area (Å²) in [6.07, 6.45) is 11.1. The van der Waals surface area contributed by atoms with Crippen LogP contribution in [-0.4, -0.2) is 23.2 Å². The van der Waals surface area contributed by atoms with Crippen LogP contribution in [0.5, 0.6) is 0 Å². The summed E-state index contributed by atoms with van der Waals surface area (Å²) in [6.45, 7) is 2.35. The molecule has 110 valence electrons. The summed E-state index contributed by atoms with van der Waals surface area (Å²) in [5, 5.41) is 12.9. The predicted molar refractivity (Wildman–Crippen MR) is 76.8 cm³/mol. The molecule has 0 atom stereocenters. The molecule has 2 saturated carbocycles. The fourth-order valence-corrected chi connectivity index (χ4v) is 3.54. The molecule has 2 aliphatic rings. The van der Waals surface area contributed by atoms with Crippen molar-refractivity contribution in [2.75, 3.05) is 6.61 Å². The summed E-state index contributed by atoms with van der Waals surface area (Å²) in [5.41, 5.74) is -0.324. The highest BCUT2D eigenvalue weighted by Gasteiger charge is 2.36. The van der Waals surface area contributed by atoms with Gasteiger partial charge in [-0.15, -0.1) is 0 Å². The number of hydrogen-bond donors (Lipinski definition) is 2. The molecule has 0 saturated heterocycles. The highest BCUT2D eigenvalue weighted by molar-refractivity contribution is 5.79. The summed E-state index contributed by atoms with van der Waals surface area (Å²) < 4.78 is 0. The van der Waals surface area contributed by atoms with Gasteiger partial charge in [0.05, 0.1) is 12.1 Å². The number of nitrogens with one attached hydrogen (secondary N) is 1. The second-order valence-electron chi connectivity index (χ2n) is 6.80. The first kappa shape index (κ1) is 14.8. The average Bonchev–Trinajstić information content (AvgIpc) is 2.71. The van der Waals surface area contributed by atoms with Gasteiger partial charge in [0, 0.05) is 5.92 Å². The molecule has 0 radical (unpaired) electrons. The monoisotopic (exact) mass is 267 g/mol. The van der Waals surface area contributed by atoms with Crippen molar-refractivity contribution in [1.82, 2.24) is 5.32 Å². The maximum Gasteiger partial charge on any atom is 0.223 e. The maximum atomic E-state index is 12.4. The Hall–Kier alpha value is -0.570. The Bertz CT molecular complexity index is 287. The molecular weight excluding hydrogens is 238 g/mol. The highest BCUT2D eigenvalue weighted by atomic mass is 16.3. The number of amides is 1. The lowest BCUT2D eigenvalue weighted by atomic mass is 9.77. The molecule has 0 aromatic rings. The van der Waals surface area contributed by atoms with Crippen molar-refractivity contribution >= 4 is 5.91 Å². The Morgan fingerprint density at radius 3 is 2.21 bits per heavy atom. The summed E-state index contributed by atoms with van der Waals surface area (Å²) in [7, 11) is 0. The van der Waals surface area contributed by atoms with Crippen LogP contribution in [0.2, 0.25) is 0 Å². The van der Waals surface area contributed by atoms with Crippen LogP contribution in [0.15, 0.2) is 0 Å². The van der Waals surface area contributed by atoms with Crippen LogP contribution in [0.3, 0.4) is 0 Å². The van der Waals surface area contributed by atoms with E-state index in [0.29, 0.717) is 0 Å². The van der Waals surface area contributed by atoms with Gasteiger partial charge in [-0.3, -0.25) is 4.79 Å². The Kier molecular flexibility index (Phi) is 5.26. The van der Waals surface area contributed by atoms with Crippen LogP contribution < -0.4 is 5.32 Å². The van der Waals surface area contributed by atoms with Crippen LogP contribution in [0.1, 0.15) is 71.1 Å². The van der Waals surface area contributed by atoms with Crippen LogP contribution in [-0.2, 0) is 4.79 Å². The first-order valence-corrected chi connectivity index (χ1v) is 8.08. The van der Waals surface area contributed by atoms with E-state index in [-0.39, 0.29) is 24.0 Å². The van der Waals surface area contributed by atoms with E-state index in [1.165, 1.54) is 25.7 Å². The number of aliphatic hydroxyl groups is 1. The zero-order chi connectivity index (χ0) is 13.7. The zero-order valence-corrected chi connectivity index (χ0v) is 12.3. The van der Waals surface area contributed by atoms with E-state index in [4.69, 9.17) is 0 Å². The van der Waals surface area contributed by atoms with Crippen molar-refractivity contribution in [2.45, 2.75) is 76.7 Å². The first-order valence-electron chi connectivity index (χ1n) is 8.08. The lowest BCUT2D eigenvalue weighted by molar-refractivity contribution is -0.128. The third-order valence-electron chi connectivity index (χ3n) is 5.15. The third-order valence-corrected chi connectivity index (χ3v) is 5.15. The minimum atomic E-state index is -0.324. The summed E-state index contributed by atoms with van der Waals surface area (Å²) in [6, 6.07) is 0. The molecule has 2 fully saturated rings. The van der Waals surface area contributed by atoms with Crippen molar-refractivity contribution in [3.05, 3.63) is 0 Å². The molecule has 0 aromatic heterocycles. The lowest BCUT2D eigenvalue weighted by Crippen LogP contribution is -2.54. The summed E-state index contributed by atoms with van der Waals surface area (Å²) in [4.78, 5) is 12.4. The first-order chi connectivity index (χ1) is 9.15. The molecule has 2 N–H and O–H groups in total. The van der Waals surface area contributed by atoms with E-state index in [2.05, 4.69) is 12.2 Å². The zero-order valence-electron chi connectivity index (χ0n) is 12.3. The molecule has 19 heavy (non-hydrogen) atoms. The number of carbonyl (C=O) groups excluding carboxylic acids is 1. The number of carbonyl (C=O) groups is 1. The van der Waals surface area contributed by atoms with Gasteiger partial charge in [0.2, 0.25) is 5.91 Å². The Labute approximate surface area is 117 Å². The fourth-order valence-electron chi connectivity index (χ4n) is 3.54. The van der Waals surface area contributed by atoms with Crippen LogP contribution in [0, 0.1) is 11.8 Å². The SMILES string of the molecule is CC1CCC(CO)(NC(=O)C2CCCCCC2)CC1. The van der Waals surface area contributed by atoms with Crippen LogP contribution >= 0.6 is 0 Å². The van der Waals surface area contributed by atoms with Crippen molar-refractivity contribution in [2.24, 2.45) is 11.8 Å². The minimum absolute atomic E-state index is 0.0954. The molecule has 2 aliphatic carbocycles. The van der Waals surface area contributed by atoms with Gasteiger partial charge in [0.25, 0.3) is 0 Å². The van der Waals surface area contributed by atoms with Gasteiger partial charge in [-0.1, -0.05) is 32.6 Å². The molecule has 0 aromatic carbocycles. The fraction of sp³-hybridized carbons (Fsp3) is 0.938. The molecule has 0 heterocycles. The predicted octanol–water partition coefficient (Wildman–Crippen LogP) is 3.01. The number of rotatable bonds is 3. The highest BCUT2D eigenvalue weighted by Crippen LogP contribution is 2.32. The molecule has 1 amide bonds. The number of hydrogen-bond acceptors (Lipinski definition) is 2. The molecular formula is C16H29NO2. The molecule has 3 nitrogen and oxygen atoms in total. The maximum absolute atomic E-state index is 12.4. The van der Waals surface area contributed by atoms with Gasteiger partial charge >= 0.3 is 0 Å². The van der Waals surface area contributed by atoms with E-state index < -0.39 is 0 Å². The van der Waals surface area contributed by atoms with Crippen LogP contribution in [0.25, 0.3) is 0 Å². The minimum Gasteiger partial charge on any atom is -0.394 e. The van der Waals surface area contributed by atoms with Crippen molar-refractivity contribution in [3.8, 4) is 0 Å². The molecule has 0 aliphatic heterocycles. The van der Waals surface area contributed by atoms with E-state index in [9.17, 15) is 9.90 Å². The third kappa shape index (κ3) is 3.95. The van der Waals surface area contributed by atoms with Crippen molar-refractivity contribution in [1.29, 1.82) is 0 Å². The summed E-state index contributed by atoms with van der Waals surface area (Å²) >= 11 is 0. The van der Waals surface area contributed by atoms with E-state index in [1.807, 2.05) is 0 Å². The second-order valence-corrected chi connectivity index (χ2v) is 6.80. The van der Waals surface area contributed by atoms with Gasteiger partial charge in [0.1, 0.15) is 0 Å². The van der Waals surface area contributed by atoms with E-state index >= 15 is 0 Å². The molecule has 0 bridgehead atoms. The molecule has 0 spiro atoms. The number of aliphatic hydroxyl groups excluding tert-OH is 1. The summed E-state index contributed by atoms with van der Waals surface area (Å²) in [5.74, 6) is 1.12. The molecule has 3 heteroatoms. The second kappa shape index (κ2) is 6.74. The normalized spacial score (nSPS) is 33.7. The Morgan fingerprint density at radius 2 is 1.68 bits per heavy atom. The van der Waals surface area contributed by atoms with Gasteiger partial charge in [-0.25, -0.2) is 0 Å². The Balaban J connectivity index is 1.91. The molecule has 0 unspecified atom stereocenters. The molecule has 2 rings (SSSR count).